The van der Waals surface area contributed by atoms with Crippen LogP contribution in [-0.4, -0.2) is 24.6 Å². The molecule has 0 aromatic rings. The molecular weight excluding hydrogens is 462 g/mol. The number of rotatable bonds is 1. The quantitative estimate of drug-likeness (QED) is 0.367. The summed E-state index contributed by atoms with van der Waals surface area (Å²) >= 11 is 0. The van der Waals surface area contributed by atoms with Gasteiger partial charge in [-0.2, -0.15) is 5.26 Å². The average Bonchev–Trinajstić information content (AvgIpc) is 3.02. The third-order valence-corrected chi connectivity index (χ3v) is 9.58. The second-order valence-electron chi connectivity index (χ2n) is 11.2. The first-order valence-corrected chi connectivity index (χ1v) is 11.9. The zero-order valence-electron chi connectivity index (χ0n) is 45.7. The molecule has 0 aromatic heterocycles. The van der Waals surface area contributed by atoms with E-state index >= 15 is 4.79 Å². The predicted octanol–water partition coefficient (Wildman–Crippen LogP) is 6.38. The molecular formula is C32H43NO4. The molecule has 37 heavy (non-hydrogen) atoms. The van der Waals surface area contributed by atoms with E-state index in [9.17, 15) is 23.1 Å². The van der Waals surface area contributed by atoms with Crippen molar-refractivity contribution in [3.63, 3.8) is 0 Å². The second-order valence-corrected chi connectivity index (χ2v) is 11.2. The van der Waals surface area contributed by atoms with Crippen molar-refractivity contribution in [3.8, 4) is 6.07 Å². The Morgan fingerprint density at radius 2 is 1.95 bits per heavy atom. The maximum Gasteiger partial charge on any atom is 0.312 e. The summed E-state index contributed by atoms with van der Waals surface area (Å²) in [5.41, 5.74) is -23.0. The number of ether oxygens (including phenoxy) is 1. The van der Waals surface area contributed by atoms with Crippen LogP contribution in [0.3, 0.4) is 0 Å². The predicted molar refractivity (Wildman–Crippen MR) is 141 cm³/mol. The molecule has 0 unspecified atom stereocenters. The molecule has 3 saturated carbocycles. The minimum Gasteiger partial charge on any atom is -0.469 e. The van der Waals surface area contributed by atoms with E-state index in [2.05, 4.69) is 0 Å². The number of nitrogens with zero attached hydrogens (tertiary/aromatic N) is 1. The van der Waals surface area contributed by atoms with Crippen LogP contribution in [0.5, 0.6) is 0 Å². The molecule has 0 aromatic carbocycles. The van der Waals surface area contributed by atoms with Gasteiger partial charge in [0.2, 0.25) is 0 Å². The Morgan fingerprint density at radius 3 is 2.59 bits per heavy atom. The Kier molecular flexibility index (Phi) is 1.96. The Balaban J connectivity index is 2.08. The molecule has 0 N–H and O–H groups in total. The highest BCUT2D eigenvalue weighted by Crippen LogP contribution is 2.74. The van der Waals surface area contributed by atoms with E-state index in [1.54, 1.807) is 0 Å². The molecule has 200 valence electrons. The largest absolute Gasteiger partial charge is 0.469 e. The zero-order chi connectivity index (χ0) is 49.2. The number of fused-ring (bicyclic) bond motifs is 7. The van der Waals surface area contributed by atoms with Crippen LogP contribution >= 0.6 is 0 Å². The lowest BCUT2D eigenvalue weighted by atomic mass is 9.34. The normalized spacial score (nSPS) is 60.1. The Hall–Kier alpha value is -2.22. The summed E-state index contributed by atoms with van der Waals surface area (Å²) in [5.74, 6) is -13.0. The van der Waals surface area contributed by atoms with Crippen LogP contribution in [0.1, 0.15) is 129 Å². The first kappa shape index (κ1) is 9.46. The van der Waals surface area contributed by atoms with Gasteiger partial charge in [0.05, 0.1) is 22.1 Å². The molecule has 0 amide bonds. The minimum absolute atomic E-state index is 0.283. The molecule has 5 aliphatic carbocycles. The molecule has 5 aliphatic rings. The van der Waals surface area contributed by atoms with Crippen LogP contribution in [0.15, 0.2) is 23.3 Å². The van der Waals surface area contributed by atoms with Gasteiger partial charge in [-0.3, -0.25) is 14.4 Å². The zero-order valence-corrected chi connectivity index (χ0v) is 19.7. The van der Waals surface area contributed by atoms with E-state index in [0.717, 1.165) is 0 Å². The molecule has 3 fully saturated rings. The molecule has 0 radical (unpaired) electrons. The fourth-order valence-corrected chi connectivity index (χ4v) is 7.70. The minimum atomic E-state index is -4.01. The number of Topliss-reactive ketones (excluding diaryl/α,β-unsaturated/α-hetero) is 1. The summed E-state index contributed by atoms with van der Waals surface area (Å²) in [5, 5.41) is 10.3. The van der Waals surface area contributed by atoms with Crippen LogP contribution in [0, 0.1) is 61.6 Å². The summed E-state index contributed by atoms with van der Waals surface area (Å²) in [6.07, 6.45) is -10.9. The van der Waals surface area contributed by atoms with Gasteiger partial charge in [0, 0.05) is 48.3 Å². The third kappa shape index (κ3) is 3.11. The monoisotopic (exact) mass is 531 g/mol. The number of esters is 1. The lowest BCUT2D eigenvalue weighted by molar-refractivity contribution is -0.191. The van der Waals surface area contributed by atoms with Crippen LogP contribution in [0.2, 0.25) is 0 Å². The molecule has 0 aliphatic heterocycles. The van der Waals surface area contributed by atoms with E-state index in [1.165, 1.54) is 6.07 Å². The molecule has 5 nitrogen and oxygen atoms in total. The van der Waals surface area contributed by atoms with Crippen molar-refractivity contribution in [1.82, 2.24) is 0 Å². The van der Waals surface area contributed by atoms with Gasteiger partial charge in [0.25, 0.3) is 0 Å². The average molecular weight is 532 g/mol. The summed E-state index contributed by atoms with van der Waals surface area (Å²) < 4.78 is 230. The van der Waals surface area contributed by atoms with Gasteiger partial charge in [0.1, 0.15) is 6.07 Å². The Labute approximate surface area is 258 Å². The number of ketones is 2. The SMILES string of the molecule is [2H]C([2H])([2H])OC(=O)[C@@]12CC[C@]3(C([2H])([2H])[2H])[C@H](C(=O)C=C4[C@@]5(C([2H])([2H])[2H])C=C(C#N)C(=O)C(C([2H])([2H])[2H])(C([2H])([2H])[2H])[C@@H]5CC[C@]43C([2H])([2H])[2H])[C@@H]1CC(C([2H])([2H])[2H])(C([2H])([2H])[2H])C([2H])([2H])C2. The van der Waals surface area contributed by atoms with Crippen molar-refractivity contribution in [3.05, 3.63) is 23.3 Å². The fraction of sp³-hybridized carbons (Fsp3) is 0.750. The number of hydrogen-bond acceptors (Lipinski definition) is 5. The lowest BCUT2D eigenvalue weighted by Crippen LogP contribution is -2.65. The first-order chi connectivity index (χ1) is 27.7. The number of carbonyl (C=O) groups is 3. The number of hydrogen-bond donors (Lipinski definition) is 0. The van der Waals surface area contributed by atoms with Crippen molar-refractivity contribution in [2.45, 2.75) is 92.9 Å². The summed E-state index contributed by atoms with van der Waals surface area (Å²) in [6, 6.07) is 1.31. The van der Waals surface area contributed by atoms with Crippen LogP contribution in [-0.2, 0) is 19.1 Å². The molecule has 5 rings (SSSR count). The molecule has 0 spiro atoms. The van der Waals surface area contributed by atoms with Gasteiger partial charge in [-0.05, 0) is 79.1 Å². The van der Waals surface area contributed by atoms with Gasteiger partial charge in [0.15, 0.2) is 11.6 Å². The van der Waals surface area contributed by atoms with E-state index in [4.69, 9.17) is 32.2 Å². The van der Waals surface area contributed by atoms with Crippen LogP contribution in [0.25, 0.3) is 0 Å². The van der Waals surface area contributed by atoms with Crippen molar-refractivity contribution < 1.29 is 54.8 Å². The lowest BCUT2D eigenvalue weighted by Gasteiger charge is -2.68. The fourth-order valence-electron chi connectivity index (χ4n) is 7.70. The number of nitriles is 1. The molecule has 0 heterocycles. The highest BCUT2D eigenvalue weighted by atomic mass is 16.5. The van der Waals surface area contributed by atoms with Crippen molar-refractivity contribution >= 4 is 17.5 Å². The number of carbonyl (C=O) groups excluding carboxylic acids is 3. The topological polar surface area (TPSA) is 84.2 Å². The van der Waals surface area contributed by atoms with Gasteiger partial charge in [-0.1, -0.05) is 59.6 Å². The summed E-state index contributed by atoms with van der Waals surface area (Å²) in [6.45, 7) is -27.6. The summed E-state index contributed by atoms with van der Waals surface area (Å²) in [4.78, 5) is 43.9. The summed E-state index contributed by atoms with van der Waals surface area (Å²) in [7, 11) is -3.64. The van der Waals surface area contributed by atoms with E-state index in [1.807, 2.05) is 0 Å². The van der Waals surface area contributed by atoms with Crippen LogP contribution in [0.4, 0.5) is 0 Å². The molecule has 7 atom stereocenters. The maximum absolute atomic E-state index is 15.4. The third-order valence-electron chi connectivity index (χ3n) is 9.58. The van der Waals surface area contributed by atoms with Gasteiger partial charge in [-0.25, -0.2) is 0 Å². The highest BCUT2D eigenvalue weighted by Gasteiger charge is 2.71. The molecule has 0 saturated heterocycles. The standard InChI is InChI=1S/C32H43NO4/c1-27(2)11-13-32(26(36)37-8)14-12-31(7)24(20(32)17-27)21(34)15-23-29(5)16-19(18-33)25(35)28(3,4)22(29)9-10-30(23,31)6/h15-16,20,22,24H,9-14,17H2,1-8H3/t20-,22-,24-,29-,30+,31+,32-/m0/s1/i1D3,2D3,3D3,4D3,5D3,6D3,7D3,8D3,11D2. The Morgan fingerprint density at radius 1 is 1.11 bits per heavy atom. The van der Waals surface area contributed by atoms with Gasteiger partial charge >= 0.3 is 5.97 Å². The maximum atomic E-state index is 15.4. The van der Waals surface area contributed by atoms with Crippen molar-refractivity contribution in [2.75, 3.05) is 7.04 Å². The van der Waals surface area contributed by atoms with E-state index in [-0.39, 0.29) is 6.08 Å². The molecule has 0 bridgehead atoms. The Bertz CT molecular complexity index is 2040. The van der Waals surface area contributed by atoms with Crippen molar-refractivity contribution in [1.29, 1.82) is 5.26 Å². The first-order valence-electron chi connectivity index (χ1n) is 24.9. The number of methoxy groups -OCH3 is 1. The van der Waals surface area contributed by atoms with Crippen LogP contribution < -0.4 is 0 Å². The van der Waals surface area contributed by atoms with E-state index in [0.29, 0.717) is 6.08 Å². The second kappa shape index (κ2) is 7.67. The highest BCUT2D eigenvalue weighted by molar-refractivity contribution is 6.04. The van der Waals surface area contributed by atoms with Crippen molar-refractivity contribution in [2.24, 2.45) is 50.2 Å². The van der Waals surface area contributed by atoms with E-state index < -0.39 is 179 Å². The molecule has 5 heteroatoms. The number of allylic oxidation sites excluding steroid dienone is 4. The van der Waals surface area contributed by atoms with Gasteiger partial charge < -0.3 is 4.74 Å². The van der Waals surface area contributed by atoms with Gasteiger partial charge in [-0.15, -0.1) is 0 Å². The smallest absolute Gasteiger partial charge is 0.312 e.